The highest BCUT2D eigenvalue weighted by Crippen LogP contribution is 2.54. The number of hydrogen-bond donors (Lipinski definition) is 1. The lowest BCUT2D eigenvalue weighted by Gasteiger charge is -2.36. The first kappa shape index (κ1) is 6.44. The summed E-state index contributed by atoms with van der Waals surface area (Å²) in [5.41, 5.74) is 0.386. The second-order valence-corrected chi connectivity index (χ2v) is 3.81. The first-order valence-electron chi connectivity index (χ1n) is 4.25. The van der Waals surface area contributed by atoms with Gasteiger partial charge in [0.05, 0.1) is 0 Å². The second kappa shape index (κ2) is 1.64. The third-order valence-electron chi connectivity index (χ3n) is 3.10. The SMILES string of the molecule is OC12C=CC=CC13C=CC(=C2)C3. The Morgan fingerprint density at radius 3 is 2.75 bits per heavy atom. The summed E-state index contributed by atoms with van der Waals surface area (Å²) < 4.78 is 0. The van der Waals surface area contributed by atoms with Gasteiger partial charge in [0.15, 0.2) is 0 Å². The van der Waals surface area contributed by atoms with Gasteiger partial charge in [-0.15, -0.1) is 0 Å². The minimum atomic E-state index is -0.730. The summed E-state index contributed by atoms with van der Waals surface area (Å²) in [6.45, 7) is 0. The van der Waals surface area contributed by atoms with Crippen molar-refractivity contribution in [3.63, 3.8) is 0 Å². The number of fused-ring (bicyclic) bond motifs is 1. The van der Waals surface area contributed by atoms with Crippen LogP contribution in [0.3, 0.4) is 0 Å². The molecule has 3 rings (SSSR count). The second-order valence-electron chi connectivity index (χ2n) is 3.81. The summed E-state index contributed by atoms with van der Waals surface area (Å²) in [5, 5.41) is 10.2. The molecule has 0 aliphatic heterocycles. The van der Waals surface area contributed by atoms with Gasteiger partial charge >= 0.3 is 0 Å². The topological polar surface area (TPSA) is 20.2 Å². The van der Waals surface area contributed by atoms with Crippen molar-refractivity contribution >= 4 is 0 Å². The van der Waals surface area contributed by atoms with Gasteiger partial charge < -0.3 is 5.11 Å². The lowest BCUT2D eigenvalue weighted by Crippen LogP contribution is -2.40. The Balaban J connectivity index is 2.26. The Morgan fingerprint density at radius 2 is 2.00 bits per heavy atom. The molecule has 0 heterocycles. The van der Waals surface area contributed by atoms with Gasteiger partial charge in [0.1, 0.15) is 5.60 Å². The summed E-state index contributed by atoms with van der Waals surface area (Å²) in [6, 6.07) is 0. The number of allylic oxidation sites excluding steroid dienone is 4. The molecule has 0 aromatic rings. The van der Waals surface area contributed by atoms with Crippen molar-refractivity contribution in [3.8, 4) is 0 Å². The molecular weight excluding hydrogens is 148 g/mol. The molecule has 0 amide bonds. The van der Waals surface area contributed by atoms with E-state index in [-0.39, 0.29) is 5.41 Å². The van der Waals surface area contributed by atoms with Crippen LogP contribution < -0.4 is 0 Å². The molecule has 12 heavy (non-hydrogen) atoms. The van der Waals surface area contributed by atoms with Crippen molar-refractivity contribution in [1.29, 1.82) is 0 Å². The van der Waals surface area contributed by atoms with Crippen LogP contribution in [0, 0.1) is 5.41 Å². The highest BCUT2D eigenvalue weighted by Gasteiger charge is 2.51. The van der Waals surface area contributed by atoms with E-state index in [1.165, 1.54) is 5.57 Å². The van der Waals surface area contributed by atoms with Gasteiger partial charge in [-0.05, 0) is 24.1 Å². The molecule has 2 unspecified atom stereocenters. The number of aliphatic hydroxyl groups is 1. The molecule has 1 heteroatoms. The van der Waals surface area contributed by atoms with Gasteiger partial charge in [-0.25, -0.2) is 0 Å². The molecule has 60 valence electrons. The molecule has 1 spiro atoms. The molecule has 2 atom stereocenters. The summed E-state index contributed by atoms with van der Waals surface area (Å²) in [5.74, 6) is 0. The fourth-order valence-electron chi connectivity index (χ4n) is 2.38. The summed E-state index contributed by atoms with van der Waals surface area (Å²) in [4.78, 5) is 0. The molecule has 0 radical (unpaired) electrons. The largest absolute Gasteiger partial charge is 0.380 e. The number of hydrogen-bond acceptors (Lipinski definition) is 1. The third-order valence-corrected chi connectivity index (χ3v) is 3.10. The predicted molar refractivity (Wildman–Crippen MR) is 47.5 cm³/mol. The van der Waals surface area contributed by atoms with E-state index in [0.29, 0.717) is 0 Å². The number of rotatable bonds is 0. The Hall–Kier alpha value is -1.08. The molecule has 1 nitrogen and oxygen atoms in total. The van der Waals surface area contributed by atoms with Gasteiger partial charge in [-0.1, -0.05) is 30.4 Å². The Labute approximate surface area is 71.4 Å². The molecule has 2 bridgehead atoms. The average molecular weight is 158 g/mol. The Morgan fingerprint density at radius 1 is 1.17 bits per heavy atom. The van der Waals surface area contributed by atoms with Crippen LogP contribution in [0.25, 0.3) is 0 Å². The van der Waals surface area contributed by atoms with E-state index in [4.69, 9.17) is 0 Å². The van der Waals surface area contributed by atoms with Gasteiger partial charge in [0.2, 0.25) is 0 Å². The van der Waals surface area contributed by atoms with Crippen molar-refractivity contribution in [2.45, 2.75) is 12.0 Å². The van der Waals surface area contributed by atoms with Crippen molar-refractivity contribution in [1.82, 2.24) is 0 Å². The van der Waals surface area contributed by atoms with E-state index < -0.39 is 5.60 Å². The first-order chi connectivity index (χ1) is 5.74. The van der Waals surface area contributed by atoms with E-state index in [0.717, 1.165) is 6.42 Å². The maximum absolute atomic E-state index is 10.2. The lowest BCUT2D eigenvalue weighted by molar-refractivity contribution is 0.0678. The minimum Gasteiger partial charge on any atom is -0.380 e. The van der Waals surface area contributed by atoms with Crippen molar-refractivity contribution in [2.75, 3.05) is 0 Å². The van der Waals surface area contributed by atoms with Gasteiger partial charge in [-0.3, -0.25) is 0 Å². The van der Waals surface area contributed by atoms with Gasteiger partial charge in [-0.2, -0.15) is 0 Å². The Kier molecular flexibility index (Phi) is 0.881. The minimum absolute atomic E-state index is 0.142. The van der Waals surface area contributed by atoms with Gasteiger partial charge in [0.25, 0.3) is 0 Å². The predicted octanol–water partition coefficient (Wildman–Crippen LogP) is 1.73. The smallest absolute Gasteiger partial charge is 0.115 e. The highest BCUT2D eigenvalue weighted by atomic mass is 16.3. The van der Waals surface area contributed by atoms with Crippen LogP contribution in [0.15, 0.2) is 48.1 Å². The standard InChI is InChI=1S/C11H10O/c12-11-5-2-1-4-10(11)6-3-9(7-10)8-11/h1-6,8,12H,7H2. The normalized spacial score (nSPS) is 46.6. The average Bonchev–Trinajstić information content (AvgIpc) is 2.55. The van der Waals surface area contributed by atoms with Crippen molar-refractivity contribution in [2.24, 2.45) is 5.41 Å². The molecule has 1 N–H and O–H groups in total. The quantitative estimate of drug-likeness (QED) is 0.569. The maximum atomic E-state index is 10.2. The molecule has 0 fully saturated rings. The zero-order valence-electron chi connectivity index (χ0n) is 6.70. The molecule has 0 aromatic carbocycles. The highest BCUT2D eigenvalue weighted by molar-refractivity contribution is 5.52. The fraction of sp³-hybridized carbons (Fsp3) is 0.273. The first-order valence-corrected chi connectivity index (χ1v) is 4.25. The van der Waals surface area contributed by atoms with Crippen LogP contribution in [-0.2, 0) is 0 Å². The van der Waals surface area contributed by atoms with Crippen molar-refractivity contribution < 1.29 is 5.11 Å². The van der Waals surface area contributed by atoms with E-state index in [1.807, 2.05) is 24.3 Å². The van der Waals surface area contributed by atoms with Crippen LogP contribution in [0.2, 0.25) is 0 Å². The van der Waals surface area contributed by atoms with Crippen LogP contribution in [0.1, 0.15) is 6.42 Å². The van der Waals surface area contributed by atoms with Gasteiger partial charge in [0, 0.05) is 5.41 Å². The third kappa shape index (κ3) is 0.516. The monoisotopic (exact) mass is 158 g/mol. The summed E-state index contributed by atoms with van der Waals surface area (Å²) in [7, 11) is 0. The molecule has 3 aliphatic rings. The molecule has 0 saturated carbocycles. The molecule has 0 saturated heterocycles. The van der Waals surface area contributed by atoms with Crippen LogP contribution >= 0.6 is 0 Å². The molecule has 0 aromatic heterocycles. The Bertz CT molecular complexity index is 359. The fourth-order valence-corrected chi connectivity index (χ4v) is 2.38. The summed E-state index contributed by atoms with van der Waals surface area (Å²) >= 11 is 0. The molecule has 3 aliphatic carbocycles. The molecular formula is C11H10O. The van der Waals surface area contributed by atoms with E-state index >= 15 is 0 Å². The zero-order valence-corrected chi connectivity index (χ0v) is 6.70. The van der Waals surface area contributed by atoms with E-state index in [2.05, 4.69) is 18.2 Å². The lowest BCUT2D eigenvalue weighted by atomic mass is 9.72. The van der Waals surface area contributed by atoms with E-state index in [1.54, 1.807) is 0 Å². The zero-order chi connectivity index (χ0) is 8.23. The maximum Gasteiger partial charge on any atom is 0.115 e. The van der Waals surface area contributed by atoms with Crippen LogP contribution in [0.5, 0.6) is 0 Å². The van der Waals surface area contributed by atoms with Crippen molar-refractivity contribution in [3.05, 3.63) is 48.1 Å². The van der Waals surface area contributed by atoms with Crippen LogP contribution in [0.4, 0.5) is 0 Å². The summed E-state index contributed by atoms with van der Waals surface area (Å²) in [6.07, 6.45) is 15.1. The van der Waals surface area contributed by atoms with Crippen LogP contribution in [-0.4, -0.2) is 10.7 Å². The van der Waals surface area contributed by atoms with E-state index in [9.17, 15) is 5.11 Å².